The van der Waals surface area contributed by atoms with Gasteiger partial charge in [-0.3, -0.25) is 4.79 Å². The third-order valence-corrected chi connectivity index (χ3v) is 6.33. The lowest BCUT2D eigenvalue weighted by Gasteiger charge is -2.38. The lowest BCUT2D eigenvalue weighted by Crippen LogP contribution is -2.55. The first-order chi connectivity index (χ1) is 10.00. The molecule has 1 aromatic carbocycles. The molecule has 4 nitrogen and oxygen atoms in total. The van der Waals surface area contributed by atoms with Gasteiger partial charge in [-0.25, -0.2) is 0 Å². The minimum Gasteiger partial charge on any atom is -0.291 e. The Kier molecular flexibility index (Phi) is 4.48. The van der Waals surface area contributed by atoms with Crippen LogP contribution in [-0.4, -0.2) is 29.7 Å². The molecule has 0 bridgehead atoms. The van der Waals surface area contributed by atoms with E-state index in [0.717, 1.165) is 6.08 Å². The van der Waals surface area contributed by atoms with Crippen molar-refractivity contribution in [2.45, 2.75) is 28.5 Å². The third-order valence-electron chi connectivity index (χ3n) is 3.53. The second-order valence-electron chi connectivity index (χ2n) is 5.09. The van der Waals surface area contributed by atoms with Gasteiger partial charge >= 0.3 is 0 Å². The van der Waals surface area contributed by atoms with Crippen molar-refractivity contribution >= 4 is 56.3 Å². The Morgan fingerprint density at radius 2 is 1.59 bits per heavy atom. The second kappa shape index (κ2) is 5.64. The standard InChI is InChI=1S/C14H12Cl3NO3S/c1-13(16)11(8-10(15)12(19)14(13,2)17)18-22(20,21)9-6-4-3-5-7-9/h3-8H,1-2H3/t13-,14+/m0/s1. The van der Waals surface area contributed by atoms with Gasteiger partial charge in [-0.15, -0.1) is 23.2 Å². The molecule has 1 aliphatic carbocycles. The Morgan fingerprint density at radius 1 is 1.05 bits per heavy atom. The molecule has 1 aromatic rings. The zero-order valence-electron chi connectivity index (χ0n) is 11.7. The summed E-state index contributed by atoms with van der Waals surface area (Å²) in [6, 6.07) is 7.65. The van der Waals surface area contributed by atoms with E-state index in [9.17, 15) is 13.2 Å². The Morgan fingerprint density at radius 3 is 2.14 bits per heavy atom. The van der Waals surface area contributed by atoms with E-state index in [1.165, 1.54) is 26.0 Å². The highest BCUT2D eigenvalue weighted by Gasteiger charge is 2.54. The predicted octanol–water partition coefficient (Wildman–Crippen LogP) is 3.52. The number of halogens is 3. The number of rotatable bonds is 2. The highest BCUT2D eigenvalue weighted by atomic mass is 35.5. The summed E-state index contributed by atoms with van der Waals surface area (Å²) in [5.41, 5.74) is -0.0832. The van der Waals surface area contributed by atoms with Crippen LogP contribution in [0.2, 0.25) is 0 Å². The Balaban J connectivity index is 2.63. The summed E-state index contributed by atoms with van der Waals surface area (Å²) < 4.78 is 28.4. The number of ketones is 1. The van der Waals surface area contributed by atoms with Gasteiger partial charge in [0, 0.05) is 0 Å². The van der Waals surface area contributed by atoms with E-state index in [2.05, 4.69) is 4.40 Å². The lowest BCUT2D eigenvalue weighted by atomic mass is 9.81. The predicted molar refractivity (Wildman–Crippen MR) is 88.5 cm³/mol. The van der Waals surface area contributed by atoms with Crippen LogP contribution in [0.3, 0.4) is 0 Å². The molecule has 0 heterocycles. The van der Waals surface area contributed by atoms with Gasteiger partial charge in [-0.1, -0.05) is 29.8 Å². The maximum absolute atomic E-state index is 12.3. The minimum atomic E-state index is -3.99. The molecule has 0 unspecified atom stereocenters. The second-order valence-corrected chi connectivity index (χ2v) is 8.62. The monoisotopic (exact) mass is 379 g/mol. The first-order valence-corrected chi connectivity index (χ1v) is 8.78. The fourth-order valence-corrected chi connectivity index (χ4v) is 3.76. The molecule has 1 aliphatic rings. The number of carbonyl (C=O) groups is 1. The summed E-state index contributed by atoms with van der Waals surface area (Å²) in [6.45, 7) is 2.81. The van der Waals surface area contributed by atoms with Gasteiger partial charge in [0.15, 0.2) is 5.78 Å². The number of hydrogen-bond acceptors (Lipinski definition) is 3. The molecule has 0 N–H and O–H groups in total. The molecule has 118 valence electrons. The molecule has 0 fully saturated rings. The fourth-order valence-electron chi connectivity index (χ4n) is 1.89. The Bertz CT molecular complexity index is 781. The zero-order chi connectivity index (χ0) is 16.8. The minimum absolute atomic E-state index is 0.00710. The molecule has 0 radical (unpaired) electrons. The fraction of sp³-hybridized carbons (Fsp3) is 0.286. The smallest absolute Gasteiger partial charge is 0.282 e. The van der Waals surface area contributed by atoms with Crippen LogP contribution in [-0.2, 0) is 14.8 Å². The molecule has 0 amide bonds. The van der Waals surface area contributed by atoms with Gasteiger partial charge in [-0.2, -0.15) is 12.8 Å². The third kappa shape index (κ3) is 2.83. The first-order valence-electron chi connectivity index (χ1n) is 6.20. The molecular weight excluding hydrogens is 369 g/mol. The maximum atomic E-state index is 12.3. The SMILES string of the molecule is C[C@]1(Cl)C(=NS(=O)(=O)c2ccccc2)C=C(Cl)C(=O)[C@@]1(C)Cl. The van der Waals surface area contributed by atoms with Crippen LogP contribution in [0.1, 0.15) is 13.8 Å². The van der Waals surface area contributed by atoms with Crippen molar-refractivity contribution in [2.75, 3.05) is 0 Å². The summed E-state index contributed by atoms with van der Waals surface area (Å²) in [5, 5.41) is -0.211. The highest BCUT2D eigenvalue weighted by molar-refractivity contribution is 7.90. The van der Waals surface area contributed by atoms with Crippen LogP contribution in [0.5, 0.6) is 0 Å². The number of benzene rings is 1. The number of nitrogens with zero attached hydrogens (tertiary/aromatic N) is 1. The zero-order valence-corrected chi connectivity index (χ0v) is 14.8. The van der Waals surface area contributed by atoms with Crippen LogP contribution in [0.25, 0.3) is 0 Å². The van der Waals surface area contributed by atoms with E-state index in [-0.39, 0.29) is 15.6 Å². The van der Waals surface area contributed by atoms with Gasteiger partial charge in [0.25, 0.3) is 10.0 Å². The van der Waals surface area contributed by atoms with E-state index in [1.54, 1.807) is 18.2 Å². The van der Waals surface area contributed by atoms with Crippen molar-refractivity contribution in [3.63, 3.8) is 0 Å². The molecule has 0 aliphatic heterocycles. The van der Waals surface area contributed by atoms with E-state index >= 15 is 0 Å². The van der Waals surface area contributed by atoms with Gasteiger partial charge in [0.05, 0.1) is 15.6 Å². The maximum Gasteiger partial charge on any atom is 0.282 e. The van der Waals surface area contributed by atoms with Gasteiger partial charge in [0.2, 0.25) is 0 Å². The number of carbonyl (C=O) groups excluding carboxylic acids is 1. The molecule has 0 saturated carbocycles. The Labute approximate surface area is 143 Å². The largest absolute Gasteiger partial charge is 0.291 e. The number of Topliss-reactive ketones (excluding diaryl/α,β-unsaturated/α-hetero) is 1. The van der Waals surface area contributed by atoms with E-state index < -0.39 is 25.6 Å². The summed E-state index contributed by atoms with van der Waals surface area (Å²) in [6.07, 6.45) is 1.14. The van der Waals surface area contributed by atoms with Crippen molar-refractivity contribution in [1.29, 1.82) is 0 Å². The quantitative estimate of drug-likeness (QED) is 0.737. The van der Waals surface area contributed by atoms with Gasteiger partial charge in [-0.05, 0) is 32.1 Å². The molecule has 8 heteroatoms. The van der Waals surface area contributed by atoms with Gasteiger partial charge < -0.3 is 0 Å². The highest BCUT2D eigenvalue weighted by Crippen LogP contribution is 2.43. The van der Waals surface area contributed by atoms with Crippen LogP contribution in [0.4, 0.5) is 0 Å². The van der Waals surface area contributed by atoms with Crippen molar-refractivity contribution in [1.82, 2.24) is 0 Å². The average Bonchev–Trinajstić information content (AvgIpc) is 2.44. The molecule has 0 saturated heterocycles. The summed E-state index contributed by atoms with van der Waals surface area (Å²) in [5.74, 6) is -0.579. The lowest BCUT2D eigenvalue weighted by molar-refractivity contribution is -0.117. The van der Waals surface area contributed by atoms with E-state index in [1.807, 2.05) is 0 Å². The van der Waals surface area contributed by atoms with Crippen LogP contribution >= 0.6 is 34.8 Å². The average molecular weight is 381 g/mol. The van der Waals surface area contributed by atoms with Crippen molar-refractivity contribution < 1.29 is 13.2 Å². The molecular formula is C14H12Cl3NO3S. The summed E-state index contributed by atoms with van der Waals surface area (Å²) >= 11 is 18.4. The van der Waals surface area contributed by atoms with Crippen LogP contribution in [0.15, 0.2) is 50.7 Å². The number of sulfonamides is 1. The van der Waals surface area contributed by atoms with E-state index in [0.29, 0.717) is 0 Å². The number of hydrogen-bond donors (Lipinski definition) is 0. The van der Waals surface area contributed by atoms with Gasteiger partial charge in [0.1, 0.15) is 9.75 Å². The van der Waals surface area contributed by atoms with E-state index in [4.69, 9.17) is 34.8 Å². The van der Waals surface area contributed by atoms with Crippen molar-refractivity contribution in [3.05, 3.63) is 41.4 Å². The number of allylic oxidation sites excluding steroid dienone is 2. The first kappa shape index (κ1) is 17.5. The molecule has 0 spiro atoms. The number of alkyl halides is 2. The summed E-state index contributed by atoms with van der Waals surface area (Å²) in [7, 11) is -3.99. The van der Waals surface area contributed by atoms with Crippen LogP contribution < -0.4 is 0 Å². The van der Waals surface area contributed by atoms with Crippen molar-refractivity contribution in [2.24, 2.45) is 4.40 Å². The molecule has 22 heavy (non-hydrogen) atoms. The van der Waals surface area contributed by atoms with Crippen LogP contribution in [0, 0.1) is 0 Å². The Hall–Kier alpha value is -0.880. The molecule has 0 aromatic heterocycles. The topological polar surface area (TPSA) is 63.6 Å². The normalized spacial score (nSPS) is 31.2. The van der Waals surface area contributed by atoms with Crippen molar-refractivity contribution in [3.8, 4) is 0 Å². The summed E-state index contributed by atoms with van der Waals surface area (Å²) in [4.78, 5) is 8.90. The molecule has 2 atom stereocenters. The molecule has 2 rings (SSSR count).